The van der Waals surface area contributed by atoms with Gasteiger partial charge in [-0.05, 0) is 19.3 Å². The number of carbonyl (C=O) groups excluding carboxylic acids is 1. The van der Waals surface area contributed by atoms with Crippen LogP contribution in [0.5, 0.6) is 0 Å². The molecule has 0 aromatic heterocycles. The van der Waals surface area contributed by atoms with E-state index < -0.39 is 0 Å². The van der Waals surface area contributed by atoms with Gasteiger partial charge in [0.05, 0.1) is 6.10 Å². The number of alkyl halides is 1. The Morgan fingerprint density at radius 3 is 3.00 bits per heavy atom. The number of hydrogen-bond donors (Lipinski definition) is 0. The molecule has 0 amide bonds. The average molecular weight is 237 g/mol. The maximum absolute atomic E-state index is 10.5. The lowest BCUT2D eigenvalue weighted by molar-refractivity contribution is -0.147. The maximum Gasteiger partial charge on any atom is 0.302 e. The van der Waals surface area contributed by atoms with Crippen LogP contribution in [-0.2, 0) is 14.3 Å². The number of ether oxygens (including phenoxy) is 2. The van der Waals surface area contributed by atoms with Gasteiger partial charge in [-0.1, -0.05) is 15.9 Å². The largest absolute Gasteiger partial charge is 0.463 e. The van der Waals surface area contributed by atoms with Crippen LogP contribution in [0.1, 0.15) is 26.2 Å². The minimum absolute atomic E-state index is 0.0759. The summed E-state index contributed by atoms with van der Waals surface area (Å²) in [5, 5.41) is 0.131. The quantitative estimate of drug-likeness (QED) is 0.543. The zero-order chi connectivity index (χ0) is 8.97. The summed E-state index contributed by atoms with van der Waals surface area (Å²) in [6.07, 6.45) is 3.22. The van der Waals surface area contributed by atoms with Gasteiger partial charge in [-0.15, -0.1) is 0 Å². The van der Waals surface area contributed by atoms with Gasteiger partial charge in [0.25, 0.3) is 0 Å². The van der Waals surface area contributed by atoms with E-state index in [4.69, 9.17) is 9.47 Å². The molecule has 0 aromatic carbocycles. The lowest BCUT2D eigenvalue weighted by Crippen LogP contribution is -2.28. The fourth-order valence-corrected chi connectivity index (χ4v) is 1.81. The Balaban J connectivity index is 2.18. The molecule has 0 bridgehead atoms. The Hall–Kier alpha value is -0.0900. The molecule has 0 aromatic rings. The SMILES string of the molecule is CC(=O)OCC1CCCC(Br)O1. The number of rotatable bonds is 2. The molecule has 2 unspecified atom stereocenters. The van der Waals surface area contributed by atoms with Gasteiger partial charge in [0.1, 0.15) is 11.6 Å². The first kappa shape index (κ1) is 9.99. The summed E-state index contributed by atoms with van der Waals surface area (Å²) in [4.78, 5) is 10.5. The van der Waals surface area contributed by atoms with Crippen LogP contribution >= 0.6 is 15.9 Å². The Morgan fingerprint density at radius 1 is 1.67 bits per heavy atom. The molecule has 0 N–H and O–H groups in total. The summed E-state index contributed by atoms with van der Waals surface area (Å²) in [5.41, 5.74) is 0. The van der Waals surface area contributed by atoms with Crippen molar-refractivity contribution in [2.75, 3.05) is 6.61 Å². The van der Waals surface area contributed by atoms with E-state index in [2.05, 4.69) is 15.9 Å². The van der Waals surface area contributed by atoms with Crippen molar-refractivity contribution in [3.63, 3.8) is 0 Å². The zero-order valence-electron chi connectivity index (χ0n) is 7.09. The first-order valence-electron chi connectivity index (χ1n) is 4.11. The molecule has 0 spiro atoms. The van der Waals surface area contributed by atoms with Crippen LogP contribution in [0.2, 0.25) is 0 Å². The lowest BCUT2D eigenvalue weighted by atomic mass is 10.1. The van der Waals surface area contributed by atoms with Crippen molar-refractivity contribution in [2.45, 2.75) is 37.3 Å². The smallest absolute Gasteiger partial charge is 0.302 e. The number of carbonyl (C=O) groups is 1. The van der Waals surface area contributed by atoms with Gasteiger partial charge in [-0.3, -0.25) is 4.79 Å². The highest BCUT2D eigenvalue weighted by Crippen LogP contribution is 2.22. The first-order chi connectivity index (χ1) is 5.68. The van der Waals surface area contributed by atoms with Crippen LogP contribution in [0.25, 0.3) is 0 Å². The second kappa shape index (κ2) is 4.82. The van der Waals surface area contributed by atoms with E-state index in [9.17, 15) is 4.79 Å². The monoisotopic (exact) mass is 236 g/mol. The molecule has 1 heterocycles. The molecule has 1 fully saturated rings. The minimum Gasteiger partial charge on any atom is -0.463 e. The Bertz CT molecular complexity index is 160. The molecule has 1 rings (SSSR count). The normalized spacial score (nSPS) is 29.8. The van der Waals surface area contributed by atoms with Crippen molar-refractivity contribution in [1.29, 1.82) is 0 Å². The predicted octanol–water partition coefficient (Wildman–Crippen LogP) is 1.84. The van der Waals surface area contributed by atoms with E-state index >= 15 is 0 Å². The van der Waals surface area contributed by atoms with Gasteiger partial charge in [-0.25, -0.2) is 0 Å². The van der Waals surface area contributed by atoms with Crippen LogP contribution in [0.3, 0.4) is 0 Å². The van der Waals surface area contributed by atoms with Gasteiger partial charge in [-0.2, -0.15) is 0 Å². The van der Waals surface area contributed by atoms with Gasteiger partial charge in [0.15, 0.2) is 0 Å². The Kier molecular flexibility index (Phi) is 4.01. The molecule has 0 aliphatic carbocycles. The van der Waals surface area contributed by atoms with Crippen LogP contribution in [0, 0.1) is 0 Å². The van der Waals surface area contributed by atoms with E-state index in [0.717, 1.165) is 19.3 Å². The molecule has 0 saturated carbocycles. The molecule has 3 nitrogen and oxygen atoms in total. The highest BCUT2D eigenvalue weighted by Gasteiger charge is 2.20. The fourth-order valence-electron chi connectivity index (χ4n) is 1.18. The van der Waals surface area contributed by atoms with Gasteiger partial charge >= 0.3 is 5.97 Å². The van der Waals surface area contributed by atoms with Gasteiger partial charge in [0, 0.05) is 6.92 Å². The van der Waals surface area contributed by atoms with Crippen LogP contribution < -0.4 is 0 Å². The maximum atomic E-state index is 10.5. The fraction of sp³-hybridized carbons (Fsp3) is 0.875. The predicted molar refractivity (Wildman–Crippen MR) is 48.1 cm³/mol. The Morgan fingerprint density at radius 2 is 2.42 bits per heavy atom. The molecular formula is C8H13BrO3. The second-order valence-corrected chi connectivity index (χ2v) is 3.92. The molecule has 0 radical (unpaired) electrons. The molecule has 70 valence electrons. The highest BCUT2D eigenvalue weighted by molar-refractivity contribution is 9.09. The van der Waals surface area contributed by atoms with Crippen molar-refractivity contribution < 1.29 is 14.3 Å². The van der Waals surface area contributed by atoms with E-state index in [1.165, 1.54) is 6.92 Å². The van der Waals surface area contributed by atoms with Gasteiger partial charge in [0.2, 0.25) is 0 Å². The van der Waals surface area contributed by atoms with E-state index in [-0.39, 0.29) is 17.1 Å². The summed E-state index contributed by atoms with van der Waals surface area (Å²) in [6.45, 7) is 1.80. The van der Waals surface area contributed by atoms with E-state index in [1.807, 2.05) is 0 Å². The zero-order valence-corrected chi connectivity index (χ0v) is 8.67. The molecule has 1 aliphatic heterocycles. The van der Waals surface area contributed by atoms with E-state index in [0.29, 0.717) is 6.61 Å². The summed E-state index contributed by atoms with van der Waals surface area (Å²) in [6, 6.07) is 0. The minimum atomic E-state index is -0.240. The molecular weight excluding hydrogens is 224 g/mol. The highest BCUT2D eigenvalue weighted by atomic mass is 79.9. The molecule has 1 aliphatic rings. The molecule has 4 heteroatoms. The van der Waals surface area contributed by atoms with Crippen molar-refractivity contribution in [3.05, 3.63) is 0 Å². The average Bonchev–Trinajstić information content (AvgIpc) is 2.01. The third-order valence-corrected chi connectivity index (χ3v) is 2.44. The van der Waals surface area contributed by atoms with Crippen molar-refractivity contribution in [1.82, 2.24) is 0 Å². The summed E-state index contributed by atoms with van der Waals surface area (Å²) < 4.78 is 10.3. The molecule has 2 atom stereocenters. The summed E-state index contributed by atoms with van der Waals surface area (Å²) >= 11 is 3.37. The standard InChI is InChI=1S/C8H13BrO3/c1-6(10)11-5-7-3-2-4-8(9)12-7/h7-8H,2-5H2,1H3. The summed E-state index contributed by atoms with van der Waals surface area (Å²) in [5.74, 6) is -0.240. The van der Waals surface area contributed by atoms with Crippen LogP contribution in [-0.4, -0.2) is 23.7 Å². The molecule has 12 heavy (non-hydrogen) atoms. The first-order valence-corrected chi connectivity index (χ1v) is 5.03. The molecule has 1 saturated heterocycles. The van der Waals surface area contributed by atoms with Crippen molar-refractivity contribution >= 4 is 21.9 Å². The van der Waals surface area contributed by atoms with Gasteiger partial charge < -0.3 is 9.47 Å². The topological polar surface area (TPSA) is 35.5 Å². The summed E-state index contributed by atoms with van der Waals surface area (Å²) in [7, 11) is 0. The lowest BCUT2D eigenvalue weighted by Gasteiger charge is -2.25. The second-order valence-electron chi connectivity index (χ2n) is 2.90. The van der Waals surface area contributed by atoms with Crippen LogP contribution in [0.4, 0.5) is 0 Å². The number of hydrogen-bond acceptors (Lipinski definition) is 3. The third kappa shape index (κ3) is 3.54. The number of halogens is 1. The number of esters is 1. The van der Waals surface area contributed by atoms with E-state index in [1.54, 1.807) is 0 Å². The van der Waals surface area contributed by atoms with Crippen molar-refractivity contribution in [3.8, 4) is 0 Å². The Labute approximate surface area is 80.5 Å². The third-order valence-electron chi connectivity index (χ3n) is 1.77. The van der Waals surface area contributed by atoms with Crippen molar-refractivity contribution in [2.24, 2.45) is 0 Å². The van der Waals surface area contributed by atoms with Crippen LogP contribution in [0.15, 0.2) is 0 Å².